The fourth-order valence-corrected chi connectivity index (χ4v) is 3.71. The lowest BCUT2D eigenvalue weighted by molar-refractivity contribution is -0.703. The third-order valence-corrected chi connectivity index (χ3v) is 5.57. The number of benzene rings is 1. The average molecular weight is 479 g/mol. The molecule has 0 bridgehead atoms. The van der Waals surface area contributed by atoms with Gasteiger partial charge in [-0.15, -0.1) is 0 Å². The Hall–Kier alpha value is -1.03. The Balaban J connectivity index is 2.65. The lowest BCUT2D eigenvalue weighted by atomic mass is 9.90. The predicted molar refractivity (Wildman–Crippen MR) is 119 cm³/mol. The minimum atomic E-state index is -4.68. The van der Waals surface area contributed by atoms with Crippen molar-refractivity contribution < 1.29 is 43.8 Å². The van der Waals surface area contributed by atoms with Crippen molar-refractivity contribution in [2.45, 2.75) is 96.5 Å². The molecule has 0 amide bonds. The highest BCUT2D eigenvalue weighted by atomic mass is 31.2. The summed E-state index contributed by atoms with van der Waals surface area (Å²) in [5.41, 5.74) is -1.09. The van der Waals surface area contributed by atoms with Crippen molar-refractivity contribution in [3.63, 3.8) is 0 Å². The Bertz CT molecular complexity index is 595. The monoisotopic (exact) mass is 478 g/mol. The number of phosphoric acid groups is 1. The van der Waals surface area contributed by atoms with Gasteiger partial charge in [-0.3, -0.25) is 4.52 Å². The smallest absolute Gasteiger partial charge is 0.306 e. The van der Waals surface area contributed by atoms with Gasteiger partial charge in [-0.2, -0.15) is 4.89 Å². The van der Waals surface area contributed by atoms with Crippen molar-refractivity contribution in [1.29, 1.82) is 0 Å². The van der Waals surface area contributed by atoms with E-state index >= 15 is 0 Å². The van der Waals surface area contributed by atoms with E-state index in [-0.39, 0.29) is 6.61 Å². The summed E-state index contributed by atoms with van der Waals surface area (Å²) in [6, 6.07) is 8.67. The zero-order valence-electron chi connectivity index (χ0n) is 19.3. The third kappa shape index (κ3) is 14.9. The van der Waals surface area contributed by atoms with E-state index in [9.17, 15) is 14.4 Å². The van der Waals surface area contributed by atoms with Gasteiger partial charge in [-0.25, -0.2) is 4.57 Å². The van der Waals surface area contributed by atoms with Gasteiger partial charge < -0.3 is 14.7 Å². The van der Waals surface area contributed by atoms with Gasteiger partial charge in [0.1, 0.15) is 5.60 Å². The van der Waals surface area contributed by atoms with Crippen molar-refractivity contribution in [3.8, 4) is 5.75 Å². The van der Waals surface area contributed by atoms with Crippen molar-refractivity contribution in [3.05, 3.63) is 30.3 Å². The normalized spacial score (nSPS) is 12.2. The molecule has 1 aromatic rings. The molecule has 0 heterocycles. The number of phosphoric ester groups is 1. The maximum atomic E-state index is 11.3. The number of rotatable bonds is 21. The molecule has 0 atom stereocenters. The van der Waals surface area contributed by atoms with Gasteiger partial charge in [0.05, 0.1) is 6.61 Å². The lowest BCUT2D eigenvalue weighted by Crippen LogP contribution is -2.38. The summed E-state index contributed by atoms with van der Waals surface area (Å²) in [6.45, 7) is 3.95. The molecule has 32 heavy (non-hydrogen) atoms. The van der Waals surface area contributed by atoms with Crippen LogP contribution in [0.15, 0.2) is 30.3 Å². The lowest BCUT2D eigenvalue weighted by Gasteiger charge is -2.31. The van der Waals surface area contributed by atoms with Crippen LogP contribution in [-0.4, -0.2) is 22.0 Å². The molecule has 9 nitrogen and oxygen atoms in total. The summed E-state index contributed by atoms with van der Waals surface area (Å²) in [6.07, 6.45) is 11.2. The van der Waals surface area contributed by atoms with Crippen LogP contribution in [0.1, 0.15) is 90.9 Å². The maximum Gasteiger partial charge on any atom is 0.469 e. The Morgan fingerprint density at radius 3 is 1.88 bits per heavy atom. The molecule has 2 N–H and O–H groups in total. The first-order valence-electron chi connectivity index (χ1n) is 11.5. The molecule has 186 valence electrons. The van der Waals surface area contributed by atoms with Crippen LogP contribution in [0.3, 0.4) is 0 Å². The molecule has 0 spiro atoms. The van der Waals surface area contributed by atoms with Crippen molar-refractivity contribution in [2.75, 3.05) is 6.61 Å². The average Bonchev–Trinajstić information content (AvgIpc) is 2.77. The van der Waals surface area contributed by atoms with E-state index < -0.39 is 13.4 Å². The summed E-state index contributed by atoms with van der Waals surface area (Å²) in [4.78, 5) is 28.8. The van der Waals surface area contributed by atoms with Gasteiger partial charge in [-0.1, -0.05) is 96.3 Å². The van der Waals surface area contributed by atoms with Crippen LogP contribution in [0.4, 0.5) is 0 Å². The molecule has 0 fully saturated rings. The molecule has 0 aliphatic heterocycles. The molecule has 0 saturated carbocycles. The van der Waals surface area contributed by atoms with E-state index in [1.165, 1.54) is 0 Å². The molecule has 1 rings (SSSR count). The Labute approximate surface area is 191 Å². The van der Waals surface area contributed by atoms with Crippen molar-refractivity contribution in [1.82, 2.24) is 0 Å². The SMILES string of the molecule is CCCCCCCC(CCCCCCC)(COP(=O)(O)O)OOOOOc1ccccc1. The predicted octanol–water partition coefficient (Wildman–Crippen LogP) is 6.36. The minimum absolute atomic E-state index is 0.332. The van der Waals surface area contributed by atoms with E-state index in [2.05, 4.69) is 23.9 Å². The van der Waals surface area contributed by atoms with E-state index in [1.807, 2.05) is 6.07 Å². The molecule has 1 aromatic carbocycles. The van der Waals surface area contributed by atoms with Crippen LogP contribution in [0, 0.1) is 0 Å². The molecule has 0 unspecified atom stereocenters. The highest BCUT2D eigenvalue weighted by molar-refractivity contribution is 7.46. The topological polar surface area (TPSA) is 113 Å². The van der Waals surface area contributed by atoms with Gasteiger partial charge in [0.2, 0.25) is 0 Å². The zero-order valence-corrected chi connectivity index (χ0v) is 20.2. The van der Waals surface area contributed by atoms with Crippen LogP contribution >= 0.6 is 7.82 Å². The maximum absolute atomic E-state index is 11.3. The fraction of sp³-hybridized carbons (Fsp3) is 0.727. The van der Waals surface area contributed by atoms with Crippen LogP contribution in [0.5, 0.6) is 5.75 Å². The molecule has 0 radical (unpaired) electrons. The highest BCUT2D eigenvalue weighted by Gasteiger charge is 2.36. The van der Waals surface area contributed by atoms with Gasteiger partial charge >= 0.3 is 7.82 Å². The fourth-order valence-electron chi connectivity index (χ4n) is 3.31. The second-order valence-corrected chi connectivity index (χ2v) is 9.20. The molecule has 0 aliphatic rings. The molecule has 0 aliphatic carbocycles. The Morgan fingerprint density at radius 2 is 1.34 bits per heavy atom. The molecule has 0 aromatic heterocycles. The summed E-state index contributed by atoms with van der Waals surface area (Å²) < 4.78 is 16.2. The van der Waals surface area contributed by atoms with E-state index in [0.717, 1.165) is 64.2 Å². The van der Waals surface area contributed by atoms with Crippen LogP contribution in [0.2, 0.25) is 0 Å². The molecular weight excluding hydrogens is 439 g/mol. The molecule has 0 saturated heterocycles. The van der Waals surface area contributed by atoms with Gasteiger partial charge in [0.25, 0.3) is 0 Å². The first kappa shape index (κ1) is 29.0. The first-order chi connectivity index (χ1) is 15.4. The second-order valence-electron chi connectivity index (χ2n) is 7.96. The van der Waals surface area contributed by atoms with Crippen LogP contribution in [-0.2, 0) is 29.1 Å². The first-order valence-corrected chi connectivity index (χ1v) is 13.0. The number of hydrogen-bond donors (Lipinski definition) is 2. The third-order valence-electron chi connectivity index (χ3n) is 5.11. The van der Waals surface area contributed by atoms with Crippen LogP contribution < -0.4 is 4.89 Å². The minimum Gasteiger partial charge on any atom is -0.306 e. The van der Waals surface area contributed by atoms with E-state index in [4.69, 9.17) is 19.3 Å². The van der Waals surface area contributed by atoms with Crippen molar-refractivity contribution in [2.24, 2.45) is 0 Å². The van der Waals surface area contributed by atoms with Crippen molar-refractivity contribution >= 4 is 7.82 Å². The quantitative estimate of drug-likeness (QED) is 0.0901. The van der Waals surface area contributed by atoms with Crippen LogP contribution in [0.25, 0.3) is 0 Å². The summed E-state index contributed by atoms with van der Waals surface area (Å²) in [7, 11) is -4.68. The Kier molecular flexibility index (Phi) is 15.8. The van der Waals surface area contributed by atoms with Gasteiger partial charge in [-0.05, 0) is 30.0 Å². The summed E-state index contributed by atoms with van der Waals surface area (Å²) in [5.74, 6) is 0.402. The number of unbranched alkanes of at least 4 members (excludes halogenated alkanes) is 8. The number of para-hydroxylation sites is 1. The molecular formula is C22H39O9P. The second kappa shape index (κ2) is 17.4. The Morgan fingerprint density at radius 1 is 0.781 bits per heavy atom. The highest BCUT2D eigenvalue weighted by Crippen LogP contribution is 2.39. The standard InChI is InChI=1S/C22H39O9P/c1-3-5-7-9-14-18-22(20-26-32(23,24)25,19-15-10-8-6-4-2)28-30-31-29-27-21-16-12-11-13-17-21/h11-13,16-17H,3-10,14-15,18-20H2,1-2H3,(H2,23,24,25). The number of hydrogen-bond acceptors (Lipinski definition) is 7. The largest absolute Gasteiger partial charge is 0.469 e. The van der Waals surface area contributed by atoms with Gasteiger partial charge in [0.15, 0.2) is 5.75 Å². The zero-order chi connectivity index (χ0) is 23.5. The van der Waals surface area contributed by atoms with E-state index in [0.29, 0.717) is 18.6 Å². The van der Waals surface area contributed by atoms with E-state index in [1.54, 1.807) is 24.3 Å². The summed E-state index contributed by atoms with van der Waals surface area (Å²) in [5, 5.41) is 13.8. The van der Waals surface area contributed by atoms with Gasteiger partial charge in [0, 0.05) is 10.1 Å². The molecule has 10 heteroatoms. The summed E-state index contributed by atoms with van der Waals surface area (Å²) >= 11 is 0.